The molecule has 1 atom stereocenters. The lowest BCUT2D eigenvalue weighted by Gasteiger charge is -2.20. The third kappa shape index (κ3) is 3.48. The number of rotatable bonds is 4. The van der Waals surface area contributed by atoms with Crippen molar-refractivity contribution in [1.29, 1.82) is 0 Å². The Labute approximate surface area is 106 Å². The van der Waals surface area contributed by atoms with E-state index in [1.165, 1.54) is 17.0 Å². The molecule has 98 valence electrons. The molecule has 0 aliphatic carbocycles. The molecule has 0 fully saturated rings. The van der Waals surface area contributed by atoms with Gasteiger partial charge in [0.25, 0.3) is 5.91 Å². The van der Waals surface area contributed by atoms with Crippen LogP contribution in [0.1, 0.15) is 17.3 Å². The second-order valence-electron chi connectivity index (χ2n) is 4.25. The molecule has 0 aliphatic rings. The van der Waals surface area contributed by atoms with Gasteiger partial charge in [-0.3, -0.25) is 9.59 Å². The summed E-state index contributed by atoms with van der Waals surface area (Å²) in [7, 11) is 3.20. The molecule has 2 amide bonds. The maximum Gasteiger partial charge on any atom is 0.253 e. The van der Waals surface area contributed by atoms with E-state index in [2.05, 4.69) is 5.32 Å². The van der Waals surface area contributed by atoms with Crippen LogP contribution < -0.4 is 5.32 Å². The Balaban J connectivity index is 2.70. The molecule has 0 saturated heterocycles. The van der Waals surface area contributed by atoms with E-state index in [0.29, 0.717) is 12.1 Å². The van der Waals surface area contributed by atoms with Crippen LogP contribution in [0, 0.1) is 5.92 Å². The summed E-state index contributed by atoms with van der Waals surface area (Å²) in [4.78, 5) is 24.9. The van der Waals surface area contributed by atoms with Gasteiger partial charge in [-0.25, -0.2) is 0 Å². The maximum atomic E-state index is 12.0. The minimum atomic E-state index is -0.277. The summed E-state index contributed by atoms with van der Waals surface area (Å²) in [5, 5.41) is 11.9. The van der Waals surface area contributed by atoms with Gasteiger partial charge in [0.2, 0.25) is 5.91 Å². The highest BCUT2D eigenvalue weighted by Gasteiger charge is 2.18. The molecule has 1 rings (SSSR count). The van der Waals surface area contributed by atoms with Crippen molar-refractivity contribution in [3.63, 3.8) is 0 Å². The average molecular weight is 250 g/mol. The Bertz CT molecular complexity index is 446. The van der Waals surface area contributed by atoms with Gasteiger partial charge in [-0.1, -0.05) is 13.0 Å². The summed E-state index contributed by atoms with van der Waals surface area (Å²) in [5.74, 6) is -0.554. The van der Waals surface area contributed by atoms with E-state index < -0.39 is 0 Å². The molecular weight excluding hydrogens is 232 g/mol. The summed E-state index contributed by atoms with van der Waals surface area (Å²) in [6.07, 6.45) is 0. The van der Waals surface area contributed by atoms with E-state index in [4.69, 9.17) is 0 Å². The van der Waals surface area contributed by atoms with Crippen molar-refractivity contribution >= 4 is 11.8 Å². The second kappa shape index (κ2) is 6.05. The van der Waals surface area contributed by atoms with Gasteiger partial charge in [-0.15, -0.1) is 0 Å². The van der Waals surface area contributed by atoms with E-state index in [1.54, 1.807) is 33.2 Å². The van der Waals surface area contributed by atoms with Gasteiger partial charge >= 0.3 is 0 Å². The van der Waals surface area contributed by atoms with Crippen molar-refractivity contribution in [2.75, 3.05) is 20.6 Å². The van der Waals surface area contributed by atoms with Gasteiger partial charge in [0, 0.05) is 26.2 Å². The lowest BCUT2D eigenvalue weighted by Crippen LogP contribution is -2.37. The highest BCUT2D eigenvalue weighted by atomic mass is 16.3. The van der Waals surface area contributed by atoms with Crippen molar-refractivity contribution in [1.82, 2.24) is 10.2 Å². The van der Waals surface area contributed by atoms with Crippen LogP contribution in [0.4, 0.5) is 0 Å². The number of carbonyl (C=O) groups is 2. The smallest absolute Gasteiger partial charge is 0.253 e. The summed E-state index contributed by atoms with van der Waals surface area (Å²) >= 11 is 0. The van der Waals surface area contributed by atoms with Gasteiger partial charge in [-0.05, 0) is 18.2 Å². The van der Waals surface area contributed by atoms with Crippen LogP contribution in [0.2, 0.25) is 0 Å². The van der Waals surface area contributed by atoms with Crippen LogP contribution in [0.25, 0.3) is 0 Å². The van der Waals surface area contributed by atoms with Crippen molar-refractivity contribution in [3.8, 4) is 5.75 Å². The number of nitrogens with zero attached hydrogens (tertiary/aromatic N) is 1. The molecule has 0 aromatic heterocycles. The standard InChI is InChI=1S/C13H18N2O3/c1-9(12(17)14-2)8-15(3)13(18)10-5-4-6-11(16)7-10/h4-7,9,16H,8H2,1-3H3,(H,14,17). The molecule has 1 aromatic rings. The number of phenols is 1. The van der Waals surface area contributed by atoms with Crippen molar-refractivity contribution < 1.29 is 14.7 Å². The first-order valence-corrected chi connectivity index (χ1v) is 5.71. The molecule has 0 aliphatic heterocycles. The molecule has 1 unspecified atom stereocenters. The molecule has 0 spiro atoms. The van der Waals surface area contributed by atoms with E-state index >= 15 is 0 Å². The molecule has 18 heavy (non-hydrogen) atoms. The predicted octanol–water partition coefficient (Wildman–Crippen LogP) is 0.846. The number of aromatic hydroxyl groups is 1. The van der Waals surface area contributed by atoms with Gasteiger partial charge < -0.3 is 15.3 Å². The third-order valence-electron chi connectivity index (χ3n) is 2.68. The Kier molecular flexibility index (Phi) is 4.71. The fourth-order valence-corrected chi connectivity index (χ4v) is 1.68. The average Bonchev–Trinajstić information content (AvgIpc) is 2.36. The number of benzene rings is 1. The van der Waals surface area contributed by atoms with Gasteiger partial charge in [-0.2, -0.15) is 0 Å². The minimum absolute atomic E-state index is 0.0496. The number of carbonyl (C=O) groups excluding carboxylic acids is 2. The topological polar surface area (TPSA) is 69.6 Å². The summed E-state index contributed by atoms with van der Waals surface area (Å²) in [6, 6.07) is 6.15. The molecular formula is C13H18N2O3. The number of nitrogens with one attached hydrogen (secondary N) is 1. The van der Waals surface area contributed by atoms with E-state index in [1.807, 2.05) is 0 Å². The third-order valence-corrected chi connectivity index (χ3v) is 2.68. The van der Waals surface area contributed by atoms with E-state index in [9.17, 15) is 14.7 Å². The lowest BCUT2D eigenvalue weighted by molar-refractivity contribution is -0.124. The molecule has 0 radical (unpaired) electrons. The zero-order chi connectivity index (χ0) is 13.7. The lowest BCUT2D eigenvalue weighted by atomic mass is 10.1. The quantitative estimate of drug-likeness (QED) is 0.832. The fraction of sp³-hybridized carbons (Fsp3) is 0.385. The molecule has 1 aromatic carbocycles. The first-order chi connectivity index (χ1) is 8.45. The van der Waals surface area contributed by atoms with Crippen LogP contribution in [-0.4, -0.2) is 42.5 Å². The summed E-state index contributed by atoms with van der Waals surface area (Å²) < 4.78 is 0. The predicted molar refractivity (Wildman–Crippen MR) is 68.3 cm³/mol. The number of hydrogen-bond donors (Lipinski definition) is 2. The monoisotopic (exact) mass is 250 g/mol. The Morgan fingerprint density at radius 2 is 2.11 bits per heavy atom. The zero-order valence-corrected chi connectivity index (χ0v) is 10.8. The van der Waals surface area contributed by atoms with Crippen LogP contribution in [0.15, 0.2) is 24.3 Å². The largest absolute Gasteiger partial charge is 0.508 e. The molecule has 5 heteroatoms. The van der Waals surface area contributed by atoms with Crippen molar-refractivity contribution in [2.45, 2.75) is 6.92 Å². The first-order valence-electron chi connectivity index (χ1n) is 5.71. The normalized spacial score (nSPS) is 11.7. The maximum absolute atomic E-state index is 12.0. The van der Waals surface area contributed by atoms with Crippen molar-refractivity contribution in [2.24, 2.45) is 5.92 Å². The SMILES string of the molecule is CNC(=O)C(C)CN(C)C(=O)c1cccc(O)c1. The van der Waals surface area contributed by atoms with Gasteiger partial charge in [0.05, 0.1) is 5.92 Å². The molecule has 0 bridgehead atoms. The van der Waals surface area contributed by atoms with E-state index in [0.717, 1.165) is 0 Å². The Morgan fingerprint density at radius 3 is 2.67 bits per heavy atom. The Hall–Kier alpha value is -2.04. The Morgan fingerprint density at radius 1 is 1.44 bits per heavy atom. The fourth-order valence-electron chi connectivity index (χ4n) is 1.68. The highest BCUT2D eigenvalue weighted by molar-refractivity contribution is 5.94. The van der Waals surface area contributed by atoms with Crippen LogP contribution in [-0.2, 0) is 4.79 Å². The first kappa shape index (κ1) is 14.0. The number of amides is 2. The van der Waals surface area contributed by atoms with E-state index in [-0.39, 0.29) is 23.5 Å². The number of hydrogen-bond acceptors (Lipinski definition) is 3. The zero-order valence-electron chi connectivity index (χ0n) is 10.8. The molecule has 0 saturated carbocycles. The number of phenolic OH excluding ortho intramolecular Hbond substituents is 1. The van der Waals surface area contributed by atoms with Crippen LogP contribution in [0.5, 0.6) is 5.75 Å². The van der Waals surface area contributed by atoms with Crippen LogP contribution in [0.3, 0.4) is 0 Å². The molecule has 0 heterocycles. The minimum Gasteiger partial charge on any atom is -0.508 e. The summed E-state index contributed by atoms with van der Waals surface area (Å²) in [5.41, 5.74) is 0.404. The van der Waals surface area contributed by atoms with Crippen molar-refractivity contribution in [3.05, 3.63) is 29.8 Å². The highest BCUT2D eigenvalue weighted by Crippen LogP contribution is 2.13. The second-order valence-corrected chi connectivity index (χ2v) is 4.25. The molecule has 5 nitrogen and oxygen atoms in total. The summed E-state index contributed by atoms with van der Waals surface area (Å²) in [6.45, 7) is 2.08. The van der Waals surface area contributed by atoms with Crippen LogP contribution >= 0.6 is 0 Å². The van der Waals surface area contributed by atoms with Gasteiger partial charge in [0.15, 0.2) is 0 Å². The van der Waals surface area contributed by atoms with Gasteiger partial charge in [0.1, 0.15) is 5.75 Å². The molecule has 2 N–H and O–H groups in total.